The average molecular weight is 302 g/mol. The first kappa shape index (κ1) is 16.3. The fourth-order valence-corrected chi connectivity index (χ4v) is 3.33. The highest BCUT2D eigenvalue weighted by Crippen LogP contribution is 2.44. The highest BCUT2D eigenvalue weighted by molar-refractivity contribution is 5.99. The van der Waals surface area contributed by atoms with Crippen molar-refractivity contribution in [2.24, 2.45) is 7.05 Å². The van der Waals surface area contributed by atoms with Gasteiger partial charge in [-0.05, 0) is 31.7 Å². The number of rotatable bonds is 4. The molecule has 4 heteroatoms. The van der Waals surface area contributed by atoms with Crippen LogP contribution in [0.4, 0.5) is 5.69 Å². The molecule has 0 radical (unpaired) electrons. The third kappa shape index (κ3) is 2.54. The molecule has 0 fully saturated rings. The molecule has 4 nitrogen and oxygen atoms in total. The predicted octanol–water partition coefficient (Wildman–Crippen LogP) is 4.75. The van der Waals surface area contributed by atoms with E-state index in [2.05, 4.69) is 26.1 Å². The Morgan fingerprint density at radius 1 is 1.36 bits per heavy atom. The minimum atomic E-state index is 0.178. The van der Waals surface area contributed by atoms with Gasteiger partial charge in [0.1, 0.15) is 11.5 Å². The lowest BCUT2D eigenvalue weighted by atomic mass is 10.0. The van der Waals surface area contributed by atoms with E-state index in [1.165, 1.54) is 0 Å². The molecule has 2 aromatic rings. The van der Waals surface area contributed by atoms with Crippen LogP contribution < -0.4 is 5.32 Å². The van der Waals surface area contributed by atoms with Crippen LogP contribution in [0.25, 0.3) is 10.9 Å². The van der Waals surface area contributed by atoms with Gasteiger partial charge in [0.25, 0.3) is 0 Å². The molecule has 1 heterocycles. The molecule has 22 heavy (non-hydrogen) atoms. The van der Waals surface area contributed by atoms with Gasteiger partial charge in [0, 0.05) is 24.5 Å². The zero-order valence-corrected chi connectivity index (χ0v) is 14.3. The van der Waals surface area contributed by atoms with Crippen LogP contribution >= 0.6 is 0 Å². The van der Waals surface area contributed by atoms with Gasteiger partial charge in [0.2, 0.25) is 0 Å². The second-order valence-corrected chi connectivity index (χ2v) is 6.16. The Hall–Kier alpha value is -2.10. The summed E-state index contributed by atoms with van der Waals surface area (Å²) in [5, 5.41) is 25.0. The summed E-state index contributed by atoms with van der Waals surface area (Å²) in [6.07, 6.45) is 2.95. The summed E-state index contributed by atoms with van der Waals surface area (Å²) < 4.78 is 1.98. The topological polar surface area (TPSA) is 57.4 Å². The van der Waals surface area contributed by atoms with Crippen LogP contribution in [-0.4, -0.2) is 14.8 Å². The van der Waals surface area contributed by atoms with Gasteiger partial charge in [-0.15, -0.1) is 0 Å². The summed E-state index contributed by atoms with van der Waals surface area (Å²) >= 11 is 0. The van der Waals surface area contributed by atoms with E-state index in [4.69, 9.17) is 0 Å². The minimum absolute atomic E-state index is 0.178. The first-order valence-corrected chi connectivity index (χ1v) is 7.77. The van der Waals surface area contributed by atoms with Crippen LogP contribution in [0.1, 0.15) is 51.3 Å². The summed E-state index contributed by atoms with van der Waals surface area (Å²) in [7, 11) is 1.93. The van der Waals surface area contributed by atoms with Crippen molar-refractivity contribution in [2.45, 2.75) is 47.0 Å². The van der Waals surface area contributed by atoms with Crippen LogP contribution in [0, 0.1) is 6.92 Å². The lowest BCUT2D eigenvalue weighted by Crippen LogP contribution is -1.99. The smallest absolute Gasteiger partial charge is 0.148 e. The number of allylic oxidation sites excluding steroid dienone is 2. The number of anilines is 1. The van der Waals surface area contributed by atoms with E-state index in [0.29, 0.717) is 17.1 Å². The van der Waals surface area contributed by atoms with E-state index in [1.54, 1.807) is 6.07 Å². The number of phenolic OH excluding ortho intramolecular Hbond substituents is 2. The lowest BCUT2D eigenvalue weighted by Gasteiger charge is -2.12. The normalized spacial score (nSPS) is 12.4. The van der Waals surface area contributed by atoms with Crippen LogP contribution in [0.3, 0.4) is 0 Å². The van der Waals surface area contributed by atoms with E-state index in [1.807, 2.05) is 31.5 Å². The molecule has 3 N–H and O–H groups in total. The number of aromatic nitrogens is 1. The molecule has 0 aliphatic carbocycles. The van der Waals surface area contributed by atoms with Gasteiger partial charge < -0.3 is 20.1 Å². The number of phenols is 2. The maximum atomic E-state index is 10.7. The predicted molar refractivity (Wildman–Crippen MR) is 92.7 cm³/mol. The Morgan fingerprint density at radius 2 is 2.00 bits per heavy atom. The van der Waals surface area contributed by atoms with Gasteiger partial charge in [0.15, 0.2) is 0 Å². The van der Waals surface area contributed by atoms with E-state index >= 15 is 0 Å². The number of aromatic hydroxyl groups is 2. The van der Waals surface area contributed by atoms with Gasteiger partial charge >= 0.3 is 0 Å². The number of nitrogens with one attached hydrogen (secondary N) is 1. The first-order valence-electron chi connectivity index (χ1n) is 7.77. The third-order valence-corrected chi connectivity index (χ3v) is 4.10. The maximum absolute atomic E-state index is 10.7. The number of hydrogen-bond donors (Lipinski definition) is 3. The molecule has 2 rings (SSSR count). The molecule has 1 aromatic heterocycles. The van der Waals surface area contributed by atoms with Crippen LogP contribution in [0.2, 0.25) is 0 Å². The van der Waals surface area contributed by atoms with Gasteiger partial charge in [0.05, 0.1) is 16.6 Å². The molecule has 0 saturated heterocycles. The van der Waals surface area contributed by atoms with Gasteiger partial charge in [-0.3, -0.25) is 0 Å². The Bertz CT molecular complexity index is 740. The monoisotopic (exact) mass is 302 g/mol. The summed E-state index contributed by atoms with van der Waals surface area (Å²) in [6.45, 7) is 10.2. The van der Waals surface area contributed by atoms with Crippen molar-refractivity contribution in [3.63, 3.8) is 0 Å². The summed E-state index contributed by atoms with van der Waals surface area (Å²) in [5.41, 5.74) is 4.31. The standard InChI is InChI=1S/C18H26N2O2/c1-7-8-11(4)19-13-9-14(21)17-15(18(13)22)12(5)16(10(2)3)20(17)6/h8-10,19,21-22H,7H2,1-6H3/b11-8+. The number of fused-ring (bicyclic) bond motifs is 1. The quantitative estimate of drug-likeness (QED) is 0.564. The van der Waals surface area contributed by atoms with Crippen LogP contribution in [0.5, 0.6) is 11.5 Å². The molecule has 0 amide bonds. The molecule has 0 bridgehead atoms. The van der Waals surface area contributed by atoms with E-state index < -0.39 is 0 Å². The minimum Gasteiger partial charge on any atom is -0.506 e. The van der Waals surface area contributed by atoms with Gasteiger partial charge in [-0.25, -0.2) is 0 Å². The van der Waals surface area contributed by atoms with Crippen molar-refractivity contribution < 1.29 is 10.2 Å². The molecule has 0 aliphatic rings. The van der Waals surface area contributed by atoms with Crippen molar-refractivity contribution in [2.75, 3.05) is 5.32 Å². The summed E-state index contributed by atoms with van der Waals surface area (Å²) in [4.78, 5) is 0. The Morgan fingerprint density at radius 3 is 2.55 bits per heavy atom. The number of benzene rings is 1. The van der Waals surface area contributed by atoms with E-state index in [9.17, 15) is 10.2 Å². The third-order valence-electron chi connectivity index (χ3n) is 4.10. The Kier molecular flexibility index (Phi) is 4.40. The maximum Gasteiger partial charge on any atom is 0.148 e. The van der Waals surface area contributed by atoms with Gasteiger partial charge in [-0.2, -0.15) is 0 Å². The average Bonchev–Trinajstić information content (AvgIpc) is 2.68. The Balaban J connectivity index is 2.73. The second-order valence-electron chi connectivity index (χ2n) is 6.16. The molecule has 120 valence electrons. The van der Waals surface area contributed by atoms with Crippen molar-refractivity contribution in [1.29, 1.82) is 0 Å². The molecule has 0 atom stereocenters. The van der Waals surface area contributed by atoms with Crippen LogP contribution in [0.15, 0.2) is 17.8 Å². The van der Waals surface area contributed by atoms with Crippen molar-refractivity contribution in [3.05, 3.63) is 29.1 Å². The number of nitrogens with zero attached hydrogens (tertiary/aromatic N) is 1. The fraction of sp³-hybridized carbons (Fsp3) is 0.444. The highest BCUT2D eigenvalue weighted by atomic mass is 16.3. The molecule has 0 unspecified atom stereocenters. The summed E-state index contributed by atoms with van der Waals surface area (Å²) in [6, 6.07) is 1.59. The lowest BCUT2D eigenvalue weighted by molar-refractivity contribution is 0.469. The zero-order valence-electron chi connectivity index (χ0n) is 14.3. The van der Waals surface area contributed by atoms with Gasteiger partial charge in [-0.1, -0.05) is 26.8 Å². The first-order chi connectivity index (χ1) is 10.3. The number of hydrogen-bond acceptors (Lipinski definition) is 3. The van der Waals surface area contributed by atoms with E-state index in [-0.39, 0.29) is 11.5 Å². The molecule has 1 aromatic carbocycles. The molecular formula is C18H26N2O2. The van der Waals surface area contributed by atoms with E-state index in [0.717, 1.165) is 28.8 Å². The highest BCUT2D eigenvalue weighted by Gasteiger charge is 2.22. The molecule has 0 aliphatic heterocycles. The fourth-order valence-electron chi connectivity index (χ4n) is 3.33. The van der Waals surface area contributed by atoms with Crippen molar-refractivity contribution >= 4 is 16.6 Å². The SMILES string of the molecule is CC/C=C(\C)Nc1cc(O)c2c(c(C)c(C(C)C)n2C)c1O. The summed E-state index contributed by atoms with van der Waals surface area (Å²) in [5.74, 6) is 0.683. The van der Waals surface area contributed by atoms with Crippen LogP contribution in [-0.2, 0) is 7.05 Å². The second kappa shape index (κ2) is 5.95. The molecular weight excluding hydrogens is 276 g/mol. The zero-order chi connectivity index (χ0) is 16.6. The molecule has 0 spiro atoms. The Labute approximate surface area is 132 Å². The largest absolute Gasteiger partial charge is 0.506 e. The van der Waals surface area contributed by atoms with Crippen molar-refractivity contribution in [1.82, 2.24) is 4.57 Å². The molecule has 0 saturated carbocycles. The number of aryl methyl sites for hydroxylation is 2. The van der Waals surface area contributed by atoms with Crippen molar-refractivity contribution in [3.8, 4) is 11.5 Å².